The van der Waals surface area contributed by atoms with E-state index >= 15 is 0 Å². The highest BCUT2D eigenvalue weighted by atomic mass is 32.1. The number of nitrogens with zero attached hydrogens (tertiary/aromatic N) is 1. The maximum absolute atomic E-state index is 13.7. The molecule has 17 heavy (non-hydrogen) atoms. The molecule has 1 atom stereocenters. The smallest absolute Gasteiger partial charge is 0.227 e. The molecule has 0 bridgehead atoms. The highest BCUT2D eigenvalue weighted by Gasteiger charge is 2.33. The molecule has 1 aromatic rings. The lowest BCUT2D eigenvalue weighted by Crippen LogP contribution is -2.27. The van der Waals surface area contributed by atoms with E-state index in [-0.39, 0.29) is 23.2 Å². The summed E-state index contributed by atoms with van der Waals surface area (Å²) < 4.78 is 26.8. The van der Waals surface area contributed by atoms with Gasteiger partial charge in [-0.05, 0) is 23.8 Å². The van der Waals surface area contributed by atoms with E-state index in [0.717, 1.165) is 6.07 Å². The summed E-state index contributed by atoms with van der Waals surface area (Å²) in [6.45, 7) is 0.326. The van der Waals surface area contributed by atoms with Crippen molar-refractivity contribution in [3.63, 3.8) is 0 Å². The summed E-state index contributed by atoms with van der Waals surface area (Å²) in [6, 6.07) is 2.21. The van der Waals surface area contributed by atoms with Gasteiger partial charge < -0.3 is 10.6 Å². The van der Waals surface area contributed by atoms with Crippen molar-refractivity contribution >= 4 is 29.9 Å². The van der Waals surface area contributed by atoms with Crippen LogP contribution in [0.4, 0.5) is 20.2 Å². The molecule has 1 unspecified atom stereocenters. The van der Waals surface area contributed by atoms with Crippen molar-refractivity contribution in [3.8, 4) is 0 Å². The molecule has 0 spiro atoms. The van der Waals surface area contributed by atoms with Gasteiger partial charge in [-0.2, -0.15) is 12.6 Å². The number of carbonyl (C=O) groups excluding carboxylic acids is 1. The Balaban J connectivity index is 2.41. The quantitative estimate of drug-likeness (QED) is 0.628. The summed E-state index contributed by atoms with van der Waals surface area (Å²) in [5.41, 5.74) is 5.51. The highest BCUT2D eigenvalue weighted by molar-refractivity contribution is 7.80. The van der Waals surface area contributed by atoms with Gasteiger partial charge in [0, 0.05) is 13.0 Å². The van der Waals surface area contributed by atoms with Crippen molar-refractivity contribution in [2.24, 2.45) is 5.92 Å². The Morgan fingerprint density at radius 3 is 2.76 bits per heavy atom. The molecule has 0 saturated carbocycles. The summed E-state index contributed by atoms with van der Waals surface area (Å²) in [5, 5.41) is 0. The molecule has 3 nitrogen and oxygen atoms in total. The lowest BCUT2D eigenvalue weighted by Gasteiger charge is -2.19. The largest absolute Gasteiger partial charge is 0.397 e. The van der Waals surface area contributed by atoms with Crippen LogP contribution in [0.3, 0.4) is 0 Å². The van der Waals surface area contributed by atoms with E-state index in [9.17, 15) is 13.6 Å². The average Bonchev–Trinajstić information content (AvgIpc) is 2.66. The van der Waals surface area contributed by atoms with Crippen molar-refractivity contribution < 1.29 is 13.6 Å². The fourth-order valence-electron chi connectivity index (χ4n) is 1.95. The molecular weight excluding hydrogens is 246 g/mol. The first-order valence-corrected chi connectivity index (χ1v) is 5.82. The van der Waals surface area contributed by atoms with Crippen LogP contribution in [0, 0.1) is 17.6 Å². The number of hydrogen-bond donors (Lipinski definition) is 2. The Labute approximate surface area is 103 Å². The normalized spacial score (nSPS) is 20.1. The van der Waals surface area contributed by atoms with Crippen LogP contribution in [0.15, 0.2) is 12.1 Å². The first-order valence-electron chi connectivity index (χ1n) is 5.19. The third-order valence-electron chi connectivity index (χ3n) is 2.83. The van der Waals surface area contributed by atoms with E-state index in [1.165, 1.54) is 11.0 Å². The predicted molar refractivity (Wildman–Crippen MR) is 65.1 cm³/mol. The van der Waals surface area contributed by atoms with Crippen LogP contribution in [0.1, 0.15) is 6.42 Å². The predicted octanol–water partition coefficient (Wildman–Crippen LogP) is 1.83. The Hall–Kier alpha value is -1.30. The Morgan fingerprint density at radius 1 is 1.47 bits per heavy atom. The number of carbonyl (C=O) groups is 1. The van der Waals surface area contributed by atoms with Crippen LogP contribution in [0.25, 0.3) is 0 Å². The highest BCUT2D eigenvalue weighted by Crippen LogP contribution is 2.33. The van der Waals surface area contributed by atoms with Gasteiger partial charge in [-0.25, -0.2) is 8.78 Å². The zero-order chi connectivity index (χ0) is 12.6. The van der Waals surface area contributed by atoms with Gasteiger partial charge in [0.25, 0.3) is 0 Å². The fraction of sp³-hybridized carbons (Fsp3) is 0.364. The molecule has 1 aromatic carbocycles. The fourth-order valence-corrected chi connectivity index (χ4v) is 2.19. The van der Waals surface area contributed by atoms with Crippen molar-refractivity contribution in [1.29, 1.82) is 0 Å². The minimum atomic E-state index is -1.07. The summed E-state index contributed by atoms with van der Waals surface area (Å²) in [4.78, 5) is 12.9. The van der Waals surface area contributed by atoms with Crippen molar-refractivity contribution in [1.82, 2.24) is 0 Å². The molecule has 6 heteroatoms. The van der Waals surface area contributed by atoms with Gasteiger partial charge in [0.1, 0.15) is 5.69 Å². The van der Waals surface area contributed by atoms with Crippen LogP contribution < -0.4 is 10.6 Å². The zero-order valence-electron chi connectivity index (χ0n) is 8.99. The minimum absolute atomic E-state index is 0.0490. The maximum Gasteiger partial charge on any atom is 0.227 e. The number of thiol groups is 1. The van der Waals surface area contributed by atoms with Gasteiger partial charge in [0.15, 0.2) is 11.6 Å². The Bertz CT molecular complexity index is 467. The first kappa shape index (κ1) is 12.2. The second-order valence-corrected chi connectivity index (χ2v) is 4.42. The molecular formula is C11H12F2N2OS. The lowest BCUT2D eigenvalue weighted by molar-refractivity contribution is -0.117. The monoisotopic (exact) mass is 258 g/mol. The van der Waals surface area contributed by atoms with E-state index in [2.05, 4.69) is 12.6 Å². The van der Waals surface area contributed by atoms with Crippen molar-refractivity contribution in [3.05, 3.63) is 23.8 Å². The topological polar surface area (TPSA) is 46.3 Å². The van der Waals surface area contributed by atoms with E-state index in [4.69, 9.17) is 5.73 Å². The third-order valence-corrected chi connectivity index (χ3v) is 3.35. The number of nitrogen functional groups attached to an aromatic ring is 1. The molecule has 0 radical (unpaired) electrons. The second kappa shape index (κ2) is 4.52. The maximum atomic E-state index is 13.7. The molecule has 2 rings (SSSR count). The van der Waals surface area contributed by atoms with Crippen molar-refractivity contribution in [2.45, 2.75) is 6.42 Å². The van der Waals surface area contributed by atoms with Gasteiger partial charge in [0.05, 0.1) is 5.69 Å². The van der Waals surface area contributed by atoms with E-state index in [0.29, 0.717) is 18.7 Å². The van der Waals surface area contributed by atoms with Gasteiger partial charge in [0.2, 0.25) is 5.91 Å². The van der Waals surface area contributed by atoms with Crippen LogP contribution in [0.5, 0.6) is 0 Å². The van der Waals surface area contributed by atoms with Crippen molar-refractivity contribution in [2.75, 3.05) is 22.9 Å². The summed E-state index contributed by atoms with van der Waals surface area (Å²) in [5.74, 6) is -1.75. The van der Waals surface area contributed by atoms with Gasteiger partial charge in [-0.3, -0.25) is 4.79 Å². The standard InChI is InChI=1S/C11H12F2N2OS/c12-7-1-2-8(14)11(10(7)13)15-4-6(5-17)3-9(15)16/h1-2,6,17H,3-5,14H2. The SMILES string of the molecule is Nc1ccc(F)c(F)c1N1CC(CS)CC1=O. The number of anilines is 2. The average molecular weight is 258 g/mol. The third kappa shape index (κ3) is 2.09. The van der Waals surface area contributed by atoms with Gasteiger partial charge in [-0.1, -0.05) is 0 Å². The lowest BCUT2D eigenvalue weighted by atomic mass is 10.1. The molecule has 92 valence electrons. The molecule has 1 saturated heterocycles. The Morgan fingerprint density at radius 2 is 2.18 bits per heavy atom. The molecule has 0 aromatic heterocycles. The van der Waals surface area contributed by atoms with E-state index in [1.807, 2.05) is 0 Å². The number of benzene rings is 1. The number of halogens is 2. The molecule has 1 heterocycles. The first-order chi connectivity index (χ1) is 8.04. The number of amides is 1. The van der Waals surface area contributed by atoms with Gasteiger partial charge in [-0.15, -0.1) is 0 Å². The zero-order valence-corrected chi connectivity index (χ0v) is 9.88. The molecule has 1 aliphatic heterocycles. The summed E-state index contributed by atoms with van der Waals surface area (Å²) in [7, 11) is 0. The van der Waals surface area contributed by atoms with Gasteiger partial charge >= 0.3 is 0 Å². The number of rotatable bonds is 2. The van der Waals surface area contributed by atoms with E-state index in [1.54, 1.807) is 0 Å². The van der Waals surface area contributed by atoms with Crippen LogP contribution in [0.2, 0.25) is 0 Å². The number of hydrogen-bond acceptors (Lipinski definition) is 3. The number of nitrogens with two attached hydrogens (primary N) is 1. The molecule has 1 fully saturated rings. The molecule has 0 aliphatic carbocycles. The van der Waals surface area contributed by atoms with E-state index < -0.39 is 11.6 Å². The second-order valence-electron chi connectivity index (χ2n) is 4.06. The minimum Gasteiger partial charge on any atom is -0.397 e. The van der Waals surface area contributed by atoms with Crippen LogP contribution in [-0.4, -0.2) is 18.2 Å². The molecule has 1 amide bonds. The van der Waals surface area contributed by atoms with Crippen LogP contribution in [-0.2, 0) is 4.79 Å². The molecule has 2 N–H and O–H groups in total. The summed E-state index contributed by atoms with van der Waals surface area (Å²) >= 11 is 4.10. The van der Waals surface area contributed by atoms with Crippen LogP contribution >= 0.6 is 12.6 Å². The Kier molecular flexibility index (Phi) is 3.24. The summed E-state index contributed by atoms with van der Waals surface area (Å²) in [6.07, 6.45) is 0.291. The molecule has 1 aliphatic rings.